The molecule has 0 aliphatic carbocycles. The first-order valence-electron chi connectivity index (χ1n) is 5.36. The van der Waals surface area contributed by atoms with Gasteiger partial charge in [0.15, 0.2) is 0 Å². The van der Waals surface area contributed by atoms with Gasteiger partial charge in [0.1, 0.15) is 6.10 Å². The molecule has 0 heterocycles. The lowest BCUT2D eigenvalue weighted by molar-refractivity contribution is -0.131. The van der Waals surface area contributed by atoms with E-state index in [1.54, 1.807) is 0 Å². The van der Waals surface area contributed by atoms with Crippen LogP contribution in [0.3, 0.4) is 0 Å². The van der Waals surface area contributed by atoms with Crippen molar-refractivity contribution in [1.29, 1.82) is 0 Å². The maximum absolute atomic E-state index is 11.6. The molecule has 0 saturated carbocycles. The number of aliphatic hydroxyl groups excluding tert-OH is 1. The summed E-state index contributed by atoms with van der Waals surface area (Å²) >= 11 is 0. The van der Waals surface area contributed by atoms with E-state index < -0.39 is 23.6 Å². The first-order valence-corrected chi connectivity index (χ1v) is 5.36. The molecule has 0 rings (SSSR count). The average molecular weight is 228 g/mol. The molecule has 0 spiro atoms. The molecule has 6 nitrogen and oxygen atoms in total. The van der Waals surface area contributed by atoms with E-state index >= 15 is 0 Å². The van der Waals surface area contributed by atoms with E-state index in [0.29, 0.717) is 6.42 Å². The van der Waals surface area contributed by atoms with E-state index in [1.807, 2.05) is 27.7 Å². The zero-order valence-electron chi connectivity index (χ0n) is 10.3. The number of nitrogens with one attached hydrogen (secondary N) is 1. The molecule has 6 heteroatoms. The maximum atomic E-state index is 11.6. The fourth-order valence-electron chi connectivity index (χ4n) is 1.26. The highest BCUT2D eigenvalue weighted by atomic mass is 16.3. The van der Waals surface area contributed by atoms with Crippen molar-refractivity contribution in [1.82, 2.24) is 5.32 Å². The number of carbonyl (C=O) groups is 1. The predicted molar refractivity (Wildman–Crippen MR) is 61.7 cm³/mol. The van der Waals surface area contributed by atoms with Gasteiger partial charge in [0.25, 0.3) is 0 Å². The van der Waals surface area contributed by atoms with Gasteiger partial charge in [0.05, 0.1) is 6.04 Å². The van der Waals surface area contributed by atoms with E-state index in [-0.39, 0.29) is 0 Å². The number of aliphatic hydroxyl groups is 1. The smallest absolute Gasteiger partial charge is 0.249 e. The zero-order valence-corrected chi connectivity index (χ0v) is 10.3. The standard InChI is InChI=1S/C10H20N4O2/c1-5-6-7(13-14-11)8(15)9(16)12-10(2,3)4/h7-8,15H,5-6H2,1-4H3,(H,12,16). The fourth-order valence-corrected chi connectivity index (χ4v) is 1.26. The minimum Gasteiger partial charge on any atom is -0.383 e. The van der Waals surface area contributed by atoms with Gasteiger partial charge in [-0.05, 0) is 32.7 Å². The SMILES string of the molecule is CCCC(N=[N+]=[N-])C(O)C(=O)NC(C)(C)C. The van der Waals surface area contributed by atoms with Crippen LogP contribution < -0.4 is 5.32 Å². The Hall–Kier alpha value is -1.26. The lowest BCUT2D eigenvalue weighted by Crippen LogP contribution is -2.49. The van der Waals surface area contributed by atoms with E-state index in [2.05, 4.69) is 15.3 Å². The molecular weight excluding hydrogens is 208 g/mol. The summed E-state index contributed by atoms with van der Waals surface area (Å²) in [7, 11) is 0. The summed E-state index contributed by atoms with van der Waals surface area (Å²) in [5, 5.41) is 15.8. The van der Waals surface area contributed by atoms with Gasteiger partial charge in [-0.25, -0.2) is 0 Å². The molecule has 2 atom stereocenters. The Morgan fingerprint density at radius 1 is 1.56 bits per heavy atom. The molecular formula is C10H20N4O2. The number of hydrogen-bond acceptors (Lipinski definition) is 3. The summed E-state index contributed by atoms with van der Waals surface area (Å²) in [5.41, 5.74) is 7.93. The Morgan fingerprint density at radius 3 is 2.50 bits per heavy atom. The molecule has 1 amide bonds. The molecule has 2 unspecified atom stereocenters. The summed E-state index contributed by atoms with van der Waals surface area (Å²) < 4.78 is 0. The second-order valence-corrected chi connectivity index (χ2v) is 4.75. The third-order valence-corrected chi connectivity index (χ3v) is 1.92. The van der Waals surface area contributed by atoms with Crippen LogP contribution in [0.15, 0.2) is 5.11 Å². The number of carbonyl (C=O) groups excluding carboxylic acids is 1. The Balaban J connectivity index is 4.54. The van der Waals surface area contributed by atoms with Gasteiger partial charge < -0.3 is 10.4 Å². The molecule has 0 bridgehead atoms. The van der Waals surface area contributed by atoms with Crippen molar-refractivity contribution < 1.29 is 9.90 Å². The first-order chi connectivity index (χ1) is 7.31. The van der Waals surface area contributed by atoms with Crippen LogP contribution in [-0.2, 0) is 4.79 Å². The predicted octanol–water partition coefficient (Wildman–Crippen LogP) is 1.74. The normalized spacial score (nSPS) is 14.8. The average Bonchev–Trinajstić information content (AvgIpc) is 2.13. The second-order valence-electron chi connectivity index (χ2n) is 4.75. The molecule has 92 valence electrons. The van der Waals surface area contributed by atoms with Crippen LogP contribution >= 0.6 is 0 Å². The molecule has 16 heavy (non-hydrogen) atoms. The van der Waals surface area contributed by atoms with Crippen LogP contribution in [0, 0.1) is 0 Å². The lowest BCUT2D eigenvalue weighted by atomic mass is 10.0. The van der Waals surface area contributed by atoms with Crippen LogP contribution in [0.4, 0.5) is 0 Å². The van der Waals surface area contributed by atoms with Gasteiger partial charge in [-0.2, -0.15) is 0 Å². The Kier molecular flexibility index (Phi) is 5.85. The molecule has 0 aliphatic rings. The molecule has 0 radical (unpaired) electrons. The largest absolute Gasteiger partial charge is 0.383 e. The first kappa shape index (κ1) is 14.7. The highest BCUT2D eigenvalue weighted by Gasteiger charge is 2.27. The number of amides is 1. The van der Waals surface area contributed by atoms with Crippen molar-refractivity contribution in [3.63, 3.8) is 0 Å². The Bertz CT molecular complexity index is 279. The van der Waals surface area contributed by atoms with Crippen LogP contribution in [0.1, 0.15) is 40.5 Å². The van der Waals surface area contributed by atoms with Crippen LogP contribution in [0.5, 0.6) is 0 Å². The van der Waals surface area contributed by atoms with Crippen molar-refractivity contribution >= 4 is 5.91 Å². The Morgan fingerprint density at radius 2 is 2.12 bits per heavy atom. The van der Waals surface area contributed by atoms with E-state index in [1.165, 1.54) is 0 Å². The third-order valence-electron chi connectivity index (χ3n) is 1.92. The molecule has 0 fully saturated rings. The van der Waals surface area contributed by atoms with Crippen LogP contribution in [0.2, 0.25) is 0 Å². The summed E-state index contributed by atoms with van der Waals surface area (Å²) in [4.78, 5) is 14.2. The summed E-state index contributed by atoms with van der Waals surface area (Å²) in [6.07, 6.45) is -0.0538. The van der Waals surface area contributed by atoms with Crippen molar-refractivity contribution in [2.45, 2.75) is 58.2 Å². The topological polar surface area (TPSA) is 98.1 Å². The minimum absolute atomic E-state index is 0.412. The summed E-state index contributed by atoms with van der Waals surface area (Å²) in [6.45, 7) is 7.36. The second kappa shape index (κ2) is 6.35. The molecule has 0 aliphatic heterocycles. The highest BCUT2D eigenvalue weighted by molar-refractivity contribution is 5.81. The van der Waals surface area contributed by atoms with E-state index in [0.717, 1.165) is 6.42 Å². The number of hydrogen-bond donors (Lipinski definition) is 2. The van der Waals surface area contributed by atoms with E-state index in [9.17, 15) is 9.90 Å². The van der Waals surface area contributed by atoms with Crippen LogP contribution in [0.25, 0.3) is 10.4 Å². The molecule has 0 aromatic heterocycles. The maximum Gasteiger partial charge on any atom is 0.249 e. The summed E-state index contributed by atoms with van der Waals surface area (Å²) in [5.74, 6) is -0.502. The van der Waals surface area contributed by atoms with Gasteiger partial charge in [0, 0.05) is 10.5 Å². The quantitative estimate of drug-likeness (QED) is 0.425. The Labute approximate surface area is 95.7 Å². The molecule has 0 saturated heterocycles. The van der Waals surface area contributed by atoms with Crippen molar-refractivity contribution in [3.05, 3.63) is 10.4 Å². The van der Waals surface area contributed by atoms with Gasteiger partial charge >= 0.3 is 0 Å². The third kappa shape index (κ3) is 5.58. The van der Waals surface area contributed by atoms with Crippen molar-refractivity contribution in [2.75, 3.05) is 0 Å². The van der Waals surface area contributed by atoms with Gasteiger partial charge in [0.2, 0.25) is 5.91 Å². The highest BCUT2D eigenvalue weighted by Crippen LogP contribution is 2.09. The molecule has 2 N–H and O–H groups in total. The van der Waals surface area contributed by atoms with Crippen molar-refractivity contribution in [2.24, 2.45) is 5.11 Å². The minimum atomic E-state index is -1.28. The lowest BCUT2D eigenvalue weighted by Gasteiger charge is -2.24. The van der Waals surface area contributed by atoms with Gasteiger partial charge in [-0.15, -0.1) is 0 Å². The van der Waals surface area contributed by atoms with Gasteiger partial charge in [-0.3, -0.25) is 4.79 Å². The molecule has 0 aromatic rings. The molecule has 0 aromatic carbocycles. The van der Waals surface area contributed by atoms with E-state index in [4.69, 9.17) is 5.53 Å². The fraction of sp³-hybridized carbons (Fsp3) is 0.900. The zero-order chi connectivity index (χ0) is 12.8. The van der Waals surface area contributed by atoms with Crippen LogP contribution in [-0.4, -0.2) is 28.7 Å². The summed E-state index contributed by atoms with van der Waals surface area (Å²) in [6, 6.07) is -0.697. The van der Waals surface area contributed by atoms with Crippen molar-refractivity contribution in [3.8, 4) is 0 Å². The number of rotatable bonds is 5. The monoisotopic (exact) mass is 228 g/mol. The van der Waals surface area contributed by atoms with Gasteiger partial charge in [-0.1, -0.05) is 18.5 Å². The number of azide groups is 1. The number of nitrogens with zero attached hydrogens (tertiary/aromatic N) is 3.